The van der Waals surface area contributed by atoms with Gasteiger partial charge >= 0.3 is 0 Å². The van der Waals surface area contributed by atoms with E-state index in [0.29, 0.717) is 24.3 Å². The Morgan fingerprint density at radius 1 is 0.933 bits per heavy atom. The van der Waals surface area contributed by atoms with Crippen LogP contribution in [0.15, 0.2) is 29.2 Å². The van der Waals surface area contributed by atoms with Crippen molar-refractivity contribution in [2.45, 2.75) is 82.2 Å². The van der Waals surface area contributed by atoms with Crippen LogP contribution in [0, 0.1) is 17.8 Å². The Bertz CT molecular complexity index is 886. The van der Waals surface area contributed by atoms with Gasteiger partial charge in [-0.2, -0.15) is 4.31 Å². The second-order valence-corrected chi connectivity index (χ2v) is 11.2. The first kappa shape index (κ1) is 21.5. The molecular weight excluding hydrogens is 400 g/mol. The van der Waals surface area contributed by atoms with E-state index in [1.807, 2.05) is 13.8 Å². The predicted molar refractivity (Wildman–Crippen MR) is 115 cm³/mol. The van der Waals surface area contributed by atoms with Gasteiger partial charge in [-0.1, -0.05) is 12.8 Å². The number of anilines is 1. The van der Waals surface area contributed by atoms with Crippen LogP contribution in [-0.4, -0.2) is 36.5 Å². The highest BCUT2D eigenvalue weighted by molar-refractivity contribution is 7.89. The third kappa shape index (κ3) is 4.06. The zero-order valence-corrected chi connectivity index (χ0v) is 18.7. The van der Waals surface area contributed by atoms with E-state index >= 15 is 0 Å². The van der Waals surface area contributed by atoms with E-state index in [0.717, 1.165) is 38.5 Å². The number of amides is 1. The lowest BCUT2D eigenvalue weighted by Crippen LogP contribution is -2.47. The molecular formula is C23H32N2O4S. The molecule has 6 nitrogen and oxygen atoms in total. The number of fused-ring (bicyclic) bond motifs is 2. The molecule has 164 valence electrons. The Labute approximate surface area is 179 Å². The van der Waals surface area contributed by atoms with Crippen molar-refractivity contribution in [3.63, 3.8) is 0 Å². The molecule has 4 atom stereocenters. The summed E-state index contributed by atoms with van der Waals surface area (Å²) in [5, 5.41) is 2.93. The average molecular weight is 433 g/mol. The quantitative estimate of drug-likeness (QED) is 0.780. The molecule has 3 aliphatic rings. The number of ketones is 1. The van der Waals surface area contributed by atoms with E-state index in [-0.39, 0.29) is 40.6 Å². The molecule has 0 radical (unpaired) electrons. The SMILES string of the molecule is CC1CCCC(C)N1S(=O)(=O)c1ccc(NC(=O)C2CC3CCCC(C2)C3=O)cc1. The number of rotatable bonds is 4. The Balaban J connectivity index is 1.43. The minimum Gasteiger partial charge on any atom is -0.326 e. The molecule has 4 rings (SSSR count). The largest absolute Gasteiger partial charge is 0.326 e. The second-order valence-electron chi connectivity index (χ2n) is 9.37. The first-order valence-corrected chi connectivity index (χ1v) is 12.7. The van der Waals surface area contributed by atoms with Crippen LogP contribution >= 0.6 is 0 Å². The highest BCUT2D eigenvalue weighted by Gasteiger charge is 2.41. The minimum absolute atomic E-state index is 0.00778. The van der Waals surface area contributed by atoms with Crippen LogP contribution in [0.4, 0.5) is 5.69 Å². The van der Waals surface area contributed by atoms with Gasteiger partial charge in [0, 0.05) is 35.5 Å². The van der Waals surface area contributed by atoms with Gasteiger partial charge in [-0.05, 0) is 76.6 Å². The molecule has 3 fully saturated rings. The average Bonchev–Trinajstić information content (AvgIpc) is 2.68. The summed E-state index contributed by atoms with van der Waals surface area (Å²) < 4.78 is 27.9. The Morgan fingerprint density at radius 2 is 1.47 bits per heavy atom. The number of piperidine rings is 1. The molecule has 7 heteroatoms. The summed E-state index contributed by atoms with van der Waals surface area (Å²) >= 11 is 0. The van der Waals surface area contributed by atoms with Crippen LogP contribution in [0.3, 0.4) is 0 Å². The smallest absolute Gasteiger partial charge is 0.243 e. The van der Waals surface area contributed by atoms with Gasteiger partial charge < -0.3 is 5.32 Å². The molecule has 0 spiro atoms. The topological polar surface area (TPSA) is 83.6 Å². The van der Waals surface area contributed by atoms with Gasteiger partial charge in [0.2, 0.25) is 15.9 Å². The number of hydrogen-bond acceptors (Lipinski definition) is 4. The van der Waals surface area contributed by atoms with Crippen LogP contribution in [0.5, 0.6) is 0 Å². The maximum Gasteiger partial charge on any atom is 0.243 e. The van der Waals surface area contributed by atoms with Crippen LogP contribution in [0.2, 0.25) is 0 Å². The van der Waals surface area contributed by atoms with Gasteiger partial charge in [0.05, 0.1) is 4.90 Å². The van der Waals surface area contributed by atoms with Crippen molar-refractivity contribution in [2.24, 2.45) is 17.8 Å². The molecule has 1 amide bonds. The lowest BCUT2D eigenvalue weighted by atomic mass is 9.67. The number of Topliss-reactive ketones (excluding diaryl/α,β-unsaturated/α-hetero) is 1. The third-order valence-electron chi connectivity index (χ3n) is 7.23. The monoisotopic (exact) mass is 432 g/mol. The number of benzene rings is 1. The van der Waals surface area contributed by atoms with Gasteiger partial charge in [0.1, 0.15) is 5.78 Å². The van der Waals surface area contributed by atoms with E-state index in [9.17, 15) is 18.0 Å². The minimum atomic E-state index is -3.56. The number of carbonyl (C=O) groups is 2. The highest BCUT2D eigenvalue weighted by atomic mass is 32.2. The molecule has 1 N–H and O–H groups in total. The lowest BCUT2D eigenvalue weighted by Gasteiger charge is -2.37. The maximum atomic E-state index is 13.1. The van der Waals surface area contributed by atoms with Crippen molar-refractivity contribution in [3.05, 3.63) is 24.3 Å². The van der Waals surface area contributed by atoms with Crippen LogP contribution in [0.1, 0.15) is 65.2 Å². The van der Waals surface area contributed by atoms with E-state index in [1.54, 1.807) is 28.6 Å². The van der Waals surface area contributed by atoms with E-state index in [4.69, 9.17) is 0 Å². The predicted octanol–water partition coefficient (Wildman–Crippen LogP) is 3.97. The van der Waals surface area contributed by atoms with Crippen molar-refractivity contribution >= 4 is 27.4 Å². The summed E-state index contributed by atoms with van der Waals surface area (Å²) in [5.74, 6) is 0.217. The highest BCUT2D eigenvalue weighted by Crippen LogP contribution is 2.40. The summed E-state index contributed by atoms with van der Waals surface area (Å²) in [4.78, 5) is 25.3. The molecule has 2 aliphatic carbocycles. The van der Waals surface area contributed by atoms with Crippen molar-refractivity contribution in [1.29, 1.82) is 0 Å². The van der Waals surface area contributed by atoms with Crippen molar-refractivity contribution in [1.82, 2.24) is 4.31 Å². The number of hydrogen-bond donors (Lipinski definition) is 1. The normalized spacial score (nSPS) is 32.6. The van der Waals surface area contributed by atoms with Crippen LogP contribution in [-0.2, 0) is 19.6 Å². The summed E-state index contributed by atoms with van der Waals surface area (Å²) in [6.45, 7) is 3.93. The molecule has 4 unspecified atom stereocenters. The fourth-order valence-electron chi connectivity index (χ4n) is 5.64. The Morgan fingerprint density at radius 3 is 2.03 bits per heavy atom. The lowest BCUT2D eigenvalue weighted by molar-refractivity contribution is -0.136. The summed E-state index contributed by atoms with van der Waals surface area (Å²) in [6, 6.07) is 6.48. The maximum absolute atomic E-state index is 13.1. The van der Waals surface area contributed by atoms with E-state index in [1.165, 1.54) is 0 Å². The van der Waals surface area contributed by atoms with E-state index < -0.39 is 10.0 Å². The number of nitrogens with zero attached hydrogens (tertiary/aromatic N) is 1. The first-order valence-electron chi connectivity index (χ1n) is 11.3. The Hall–Kier alpha value is -1.73. The van der Waals surface area contributed by atoms with Crippen LogP contribution in [0.25, 0.3) is 0 Å². The summed E-state index contributed by atoms with van der Waals surface area (Å²) in [6.07, 6.45) is 6.97. The van der Waals surface area contributed by atoms with Crippen LogP contribution < -0.4 is 5.32 Å². The Kier molecular flexibility index (Phi) is 6.04. The van der Waals surface area contributed by atoms with Crippen molar-refractivity contribution in [2.75, 3.05) is 5.32 Å². The van der Waals surface area contributed by atoms with Gasteiger partial charge in [-0.3, -0.25) is 9.59 Å². The molecule has 2 saturated carbocycles. The van der Waals surface area contributed by atoms with Gasteiger partial charge in [0.15, 0.2) is 0 Å². The zero-order chi connectivity index (χ0) is 21.5. The third-order valence-corrected chi connectivity index (χ3v) is 9.37. The molecule has 1 saturated heterocycles. The molecule has 1 aliphatic heterocycles. The van der Waals surface area contributed by atoms with E-state index in [2.05, 4.69) is 5.32 Å². The van der Waals surface area contributed by atoms with Gasteiger partial charge in [0.25, 0.3) is 0 Å². The number of sulfonamides is 1. The number of nitrogens with one attached hydrogen (secondary N) is 1. The second kappa shape index (κ2) is 8.42. The van der Waals surface area contributed by atoms with Crippen molar-refractivity contribution < 1.29 is 18.0 Å². The first-order chi connectivity index (χ1) is 14.3. The summed E-state index contributed by atoms with van der Waals surface area (Å²) in [7, 11) is -3.56. The molecule has 1 aromatic carbocycles. The molecule has 30 heavy (non-hydrogen) atoms. The fraction of sp³-hybridized carbons (Fsp3) is 0.652. The molecule has 2 bridgehead atoms. The molecule has 1 aromatic rings. The molecule has 0 aromatic heterocycles. The van der Waals surface area contributed by atoms with Crippen molar-refractivity contribution in [3.8, 4) is 0 Å². The molecule has 1 heterocycles. The standard InChI is InChI=1S/C23H32N2O4S/c1-15-5-3-6-16(2)25(15)30(28,29)21-11-9-20(10-12-21)24-23(27)19-13-17-7-4-8-18(14-19)22(17)26/h9-12,15-19H,3-8,13-14H2,1-2H3,(H,24,27). The zero-order valence-electron chi connectivity index (χ0n) is 17.8. The van der Waals surface area contributed by atoms with Gasteiger partial charge in [-0.15, -0.1) is 0 Å². The van der Waals surface area contributed by atoms with Gasteiger partial charge in [-0.25, -0.2) is 8.42 Å². The number of carbonyl (C=O) groups excluding carboxylic acids is 2. The summed E-state index contributed by atoms with van der Waals surface area (Å²) in [5.41, 5.74) is 0.598. The fourth-order valence-corrected chi connectivity index (χ4v) is 7.52.